The number of fused-ring (bicyclic) bond motifs is 1. The van der Waals surface area contributed by atoms with Crippen molar-refractivity contribution in [3.05, 3.63) is 87.5 Å². The number of nitrogens with zero attached hydrogens (tertiary/aromatic N) is 6. The van der Waals surface area contributed by atoms with Gasteiger partial charge < -0.3 is 50.0 Å². The van der Waals surface area contributed by atoms with Crippen LogP contribution in [0.25, 0.3) is 11.1 Å². The van der Waals surface area contributed by atoms with Gasteiger partial charge >= 0.3 is 0 Å². The van der Waals surface area contributed by atoms with Crippen LogP contribution >= 0.6 is 23.2 Å². The van der Waals surface area contributed by atoms with Crippen molar-refractivity contribution in [3.63, 3.8) is 0 Å². The second-order valence-corrected chi connectivity index (χ2v) is 17.4. The van der Waals surface area contributed by atoms with Crippen LogP contribution in [0.2, 0.25) is 10.0 Å². The van der Waals surface area contributed by atoms with E-state index in [0.717, 1.165) is 86.3 Å². The van der Waals surface area contributed by atoms with Gasteiger partial charge in [-0.05, 0) is 69.5 Å². The summed E-state index contributed by atoms with van der Waals surface area (Å²) < 4.78 is 39.3. The van der Waals surface area contributed by atoms with Gasteiger partial charge in [0.2, 0.25) is 5.91 Å². The van der Waals surface area contributed by atoms with Crippen molar-refractivity contribution >= 4 is 46.5 Å². The van der Waals surface area contributed by atoms with Gasteiger partial charge in [-0.1, -0.05) is 29.3 Å². The molecule has 0 saturated carbocycles. The normalized spacial score (nSPS) is 19.0. The number of likely N-dealkylation sites (tertiary alicyclic amines) is 2. The number of piperidine rings is 2. The van der Waals surface area contributed by atoms with E-state index in [1.54, 1.807) is 30.3 Å². The largest absolute Gasteiger partial charge is 0.482 e. The van der Waals surface area contributed by atoms with Crippen molar-refractivity contribution < 1.29 is 32.9 Å². The summed E-state index contributed by atoms with van der Waals surface area (Å²) in [6.45, 7) is 10.4. The second kappa shape index (κ2) is 21.0. The number of carbonyl (C=O) groups excluding carboxylic acids is 2. The Morgan fingerprint density at radius 1 is 1.00 bits per heavy atom. The highest BCUT2D eigenvalue weighted by molar-refractivity contribution is 6.36. The standard InChI is InChI=1S/C45H56Cl2FN9O6/c1-29(42-37(46)7-8-38(48)43(42)47)63-40-20-30(21-51-44(40)49)31-22-52-57(24-31)33-9-12-54(13-10-33)14-15-60-16-17-61-18-19-62-28-41(58)55-25-32(26-55)53-39-6-2-5-35-36(39)27-56(45(35)59)34-4-3-11-50-23-34/h2,5-8,20-22,24,29,32-34,50,53H,3-4,9-19,23,25-28H2,1H3,(H2,49,51)/t29-,34?/m1/s1. The van der Waals surface area contributed by atoms with Crippen LogP contribution in [-0.4, -0.2) is 139 Å². The van der Waals surface area contributed by atoms with Crippen molar-refractivity contribution in [1.29, 1.82) is 0 Å². The first-order valence-electron chi connectivity index (χ1n) is 21.9. The van der Waals surface area contributed by atoms with Crippen LogP contribution in [0, 0.1) is 5.82 Å². The van der Waals surface area contributed by atoms with Gasteiger partial charge in [0.05, 0.1) is 56.3 Å². The average molecular weight is 909 g/mol. The van der Waals surface area contributed by atoms with Gasteiger partial charge in [-0.25, -0.2) is 9.37 Å². The summed E-state index contributed by atoms with van der Waals surface area (Å²) in [5, 5.41) is 11.9. The summed E-state index contributed by atoms with van der Waals surface area (Å²) >= 11 is 12.5. The monoisotopic (exact) mass is 907 g/mol. The van der Waals surface area contributed by atoms with Crippen molar-refractivity contribution in [2.45, 2.75) is 63.4 Å². The van der Waals surface area contributed by atoms with E-state index in [0.29, 0.717) is 69.0 Å². The number of anilines is 2. The zero-order valence-corrected chi connectivity index (χ0v) is 37.1. The first kappa shape index (κ1) is 45.0. The van der Waals surface area contributed by atoms with E-state index in [9.17, 15) is 14.0 Å². The highest BCUT2D eigenvalue weighted by Crippen LogP contribution is 2.38. The zero-order valence-electron chi connectivity index (χ0n) is 35.6. The number of halogens is 3. The summed E-state index contributed by atoms with van der Waals surface area (Å²) in [5.41, 5.74) is 11.0. The maximum absolute atomic E-state index is 14.1. The molecule has 3 fully saturated rings. The molecule has 338 valence electrons. The maximum atomic E-state index is 14.1. The number of aromatic nitrogens is 3. The molecule has 63 heavy (non-hydrogen) atoms. The first-order chi connectivity index (χ1) is 30.6. The number of hydrogen-bond acceptors (Lipinski definition) is 12. The van der Waals surface area contributed by atoms with Gasteiger partial charge in [0, 0.05) is 103 Å². The SMILES string of the molecule is C[C@@H](Oc1cc(-c2cnn(C3CCN(CCOCCOCCOCC(=O)N4CC(Nc5cccc6c5CN(C5CCCNC5)C6=O)C4)CC3)c2)cnc1N)c1c(Cl)ccc(F)c1Cl. The van der Waals surface area contributed by atoms with Crippen molar-refractivity contribution in [1.82, 2.24) is 34.8 Å². The van der Waals surface area contributed by atoms with Gasteiger partial charge in [0.15, 0.2) is 11.6 Å². The number of hydrogen-bond donors (Lipinski definition) is 3. The van der Waals surface area contributed by atoms with Gasteiger partial charge in [-0.2, -0.15) is 5.10 Å². The average Bonchev–Trinajstić information content (AvgIpc) is 3.91. The fourth-order valence-electron chi connectivity index (χ4n) is 8.73. The van der Waals surface area contributed by atoms with Gasteiger partial charge in [0.25, 0.3) is 5.91 Å². The maximum Gasteiger partial charge on any atom is 0.254 e. The molecule has 3 saturated heterocycles. The molecule has 2 atom stereocenters. The van der Waals surface area contributed by atoms with E-state index in [1.807, 2.05) is 34.0 Å². The Labute approximate surface area is 377 Å². The molecule has 2 aromatic heterocycles. The molecule has 4 aliphatic rings. The van der Waals surface area contributed by atoms with E-state index >= 15 is 0 Å². The Hall–Kier alpha value is -4.55. The Morgan fingerprint density at radius 2 is 1.78 bits per heavy atom. The van der Waals surface area contributed by atoms with Crippen LogP contribution in [0.3, 0.4) is 0 Å². The number of nitrogens with one attached hydrogen (secondary N) is 2. The van der Waals surface area contributed by atoms with Crippen LogP contribution in [-0.2, 0) is 25.5 Å². The molecule has 0 radical (unpaired) electrons. The van der Waals surface area contributed by atoms with Crippen LogP contribution in [0.5, 0.6) is 5.75 Å². The number of amides is 2. The van der Waals surface area contributed by atoms with Crippen molar-refractivity contribution in [2.24, 2.45) is 0 Å². The van der Waals surface area contributed by atoms with E-state index in [4.69, 9.17) is 47.9 Å². The minimum absolute atomic E-state index is 0.0212. The lowest BCUT2D eigenvalue weighted by Crippen LogP contribution is -2.58. The molecule has 2 amide bonds. The third kappa shape index (κ3) is 10.9. The van der Waals surface area contributed by atoms with E-state index < -0.39 is 11.9 Å². The van der Waals surface area contributed by atoms with E-state index in [2.05, 4.69) is 25.6 Å². The summed E-state index contributed by atoms with van der Waals surface area (Å²) in [5.74, 6) is 0.0241. The topological polar surface area (TPSA) is 162 Å². The molecule has 8 rings (SSSR count). The number of benzene rings is 2. The molecule has 18 heteroatoms. The predicted octanol–water partition coefficient (Wildman–Crippen LogP) is 5.83. The molecule has 1 unspecified atom stereocenters. The molecular weight excluding hydrogens is 852 g/mol. The third-order valence-corrected chi connectivity index (χ3v) is 13.1. The molecule has 0 aliphatic carbocycles. The molecule has 6 heterocycles. The number of carbonyl (C=O) groups is 2. The predicted molar refractivity (Wildman–Crippen MR) is 239 cm³/mol. The fourth-order valence-corrected chi connectivity index (χ4v) is 9.41. The summed E-state index contributed by atoms with van der Waals surface area (Å²) in [6.07, 6.45) is 8.85. The van der Waals surface area contributed by atoms with E-state index in [-0.39, 0.29) is 47.4 Å². The van der Waals surface area contributed by atoms with Crippen molar-refractivity contribution in [3.8, 4) is 16.9 Å². The molecule has 4 aliphatic heterocycles. The molecule has 0 spiro atoms. The summed E-state index contributed by atoms with van der Waals surface area (Å²) in [4.78, 5) is 36.3. The zero-order chi connectivity index (χ0) is 43.9. The molecule has 4 aromatic rings. The lowest BCUT2D eigenvalue weighted by atomic mass is 10.0. The van der Waals surface area contributed by atoms with Crippen molar-refractivity contribution in [2.75, 3.05) is 96.5 Å². The first-order valence-corrected chi connectivity index (χ1v) is 22.6. The highest BCUT2D eigenvalue weighted by Gasteiger charge is 2.36. The van der Waals surface area contributed by atoms with Gasteiger partial charge in [-0.15, -0.1) is 0 Å². The van der Waals surface area contributed by atoms with Gasteiger partial charge in [0.1, 0.15) is 18.5 Å². The molecule has 2 aromatic carbocycles. The Kier molecular flexibility index (Phi) is 15.0. The Bertz CT molecular complexity index is 2210. The number of nitrogens with two attached hydrogens (primary N) is 1. The summed E-state index contributed by atoms with van der Waals surface area (Å²) in [7, 11) is 0. The number of nitrogen functional groups attached to an aromatic ring is 1. The van der Waals surface area contributed by atoms with Crippen LogP contribution in [0.4, 0.5) is 15.9 Å². The fraction of sp³-hybridized carbons (Fsp3) is 0.511. The van der Waals surface area contributed by atoms with E-state index in [1.165, 1.54) is 12.1 Å². The third-order valence-electron chi connectivity index (χ3n) is 12.4. The quantitative estimate of drug-likeness (QED) is 0.0765. The second-order valence-electron chi connectivity index (χ2n) is 16.6. The molecule has 15 nitrogen and oxygen atoms in total. The van der Waals surface area contributed by atoms with Crippen LogP contribution < -0.4 is 21.1 Å². The number of ether oxygens (including phenoxy) is 4. The van der Waals surface area contributed by atoms with Crippen LogP contribution in [0.1, 0.15) is 66.2 Å². The highest BCUT2D eigenvalue weighted by atomic mass is 35.5. The summed E-state index contributed by atoms with van der Waals surface area (Å²) in [6, 6.07) is 11.0. The molecule has 0 bridgehead atoms. The molecule has 4 N–H and O–H groups in total. The lowest BCUT2D eigenvalue weighted by Gasteiger charge is -2.40. The molecular formula is C45H56Cl2FN9O6. The minimum atomic E-state index is -0.675. The lowest BCUT2D eigenvalue weighted by molar-refractivity contribution is -0.140. The Morgan fingerprint density at radius 3 is 2.56 bits per heavy atom. The van der Waals surface area contributed by atoms with Crippen LogP contribution in [0.15, 0.2) is 55.0 Å². The Balaban J connectivity index is 0.658. The minimum Gasteiger partial charge on any atom is -0.482 e. The number of rotatable bonds is 19. The number of pyridine rings is 1. The smallest absolute Gasteiger partial charge is 0.254 e. The van der Waals surface area contributed by atoms with Gasteiger partial charge in [-0.3, -0.25) is 14.3 Å².